The van der Waals surface area contributed by atoms with Crippen molar-refractivity contribution in [3.8, 4) is 55.6 Å². The van der Waals surface area contributed by atoms with Gasteiger partial charge in [0.25, 0.3) is 0 Å². The lowest BCUT2D eigenvalue weighted by molar-refractivity contribution is 0.968. The van der Waals surface area contributed by atoms with E-state index in [-0.39, 0.29) is 0 Å². The van der Waals surface area contributed by atoms with E-state index in [9.17, 15) is 0 Å². The van der Waals surface area contributed by atoms with Crippen molar-refractivity contribution < 1.29 is 0 Å². The lowest BCUT2D eigenvalue weighted by atomic mass is 9.89. The molecule has 2 heteroatoms. The Labute approximate surface area is 368 Å². The second kappa shape index (κ2) is 15.0. The molecule has 12 rings (SSSR count). The Hall–Kier alpha value is -7.68. The zero-order valence-corrected chi connectivity index (χ0v) is 35.6. The monoisotopic (exact) mass is 806 g/mol. The van der Waals surface area contributed by atoms with Gasteiger partial charge in [0, 0.05) is 21.5 Å². The highest BCUT2D eigenvalue weighted by atomic mass is 15.0. The van der Waals surface area contributed by atoms with Crippen LogP contribution in [-0.4, -0.2) is 8.80 Å². The average Bonchev–Trinajstić information content (AvgIpc) is 3.88. The number of allylic oxidation sites excluding steroid dienone is 2. The summed E-state index contributed by atoms with van der Waals surface area (Å²) in [5, 5.41) is 5.09. The molecule has 0 atom stereocenters. The van der Waals surface area contributed by atoms with Crippen molar-refractivity contribution in [1.29, 1.82) is 0 Å². The van der Waals surface area contributed by atoms with Gasteiger partial charge in [-0.15, -0.1) is 0 Å². The van der Waals surface area contributed by atoms with Crippen molar-refractivity contribution >= 4 is 60.2 Å². The number of hydrogen-bond donors (Lipinski definition) is 0. The van der Waals surface area contributed by atoms with Gasteiger partial charge in [0.15, 0.2) is 0 Å². The predicted molar refractivity (Wildman–Crippen MR) is 270 cm³/mol. The largest absolute Gasteiger partial charge is 0.305 e. The van der Waals surface area contributed by atoms with Crippen LogP contribution in [0, 0.1) is 0 Å². The van der Waals surface area contributed by atoms with Crippen molar-refractivity contribution in [3.05, 3.63) is 212 Å². The van der Waals surface area contributed by atoms with E-state index in [0.29, 0.717) is 0 Å². The number of fused-ring (bicyclic) bond motifs is 8. The third-order valence-corrected chi connectivity index (χ3v) is 13.2. The normalized spacial score (nSPS) is 12.3. The number of aromatic nitrogens is 2. The van der Waals surface area contributed by atoms with Crippen LogP contribution in [0.1, 0.15) is 38.7 Å². The fourth-order valence-corrected chi connectivity index (χ4v) is 10.6. The van der Waals surface area contributed by atoms with Crippen LogP contribution in [-0.2, 0) is 0 Å². The summed E-state index contributed by atoms with van der Waals surface area (Å²) in [6, 6.07) is 74.5. The van der Waals surface area contributed by atoms with Crippen molar-refractivity contribution in [1.82, 2.24) is 8.80 Å². The Morgan fingerprint density at radius 1 is 0.397 bits per heavy atom. The average molecular weight is 807 g/mol. The standard InChI is InChI=1S/C61H46N2/c1-3-20-40(21-4-2)46-32-34-52-50(36-46)58-56(44-28-16-8-17-29-44)48(42-24-12-6-13-25-42)38-54-60(58)62(52)55-39-49(43-26-14-7-15-27-43)57(45-30-18-9-19-31-45)59-51-37-47(41-22-10-5-11-23-41)33-35-53(51)63(54)61(55)59/h5-20,22-39H,3-4,21H2,1-2H3/b40-20+. The summed E-state index contributed by atoms with van der Waals surface area (Å²) in [6.07, 6.45) is 5.59. The fraction of sp³-hybridized carbons (Fsp3) is 0.0820. The van der Waals surface area contributed by atoms with Gasteiger partial charge in [-0.2, -0.15) is 0 Å². The van der Waals surface area contributed by atoms with E-state index in [2.05, 4.69) is 229 Å². The third-order valence-electron chi connectivity index (χ3n) is 13.2. The van der Waals surface area contributed by atoms with Gasteiger partial charge < -0.3 is 8.80 Å². The van der Waals surface area contributed by atoms with E-state index in [1.165, 1.54) is 121 Å². The van der Waals surface area contributed by atoms with E-state index >= 15 is 0 Å². The molecule has 12 aromatic rings. The first kappa shape index (κ1) is 37.1. The van der Waals surface area contributed by atoms with Gasteiger partial charge in [-0.1, -0.05) is 190 Å². The topological polar surface area (TPSA) is 8.82 Å². The molecule has 63 heavy (non-hydrogen) atoms. The van der Waals surface area contributed by atoms with Gasteiger partial charge in [-0.3, -0.25) is 0 Å². The number of benzene rings is 9. The minimum absolute atomic E-state index is 1.01. The summed E-state index contributed by atoms with van der Waals surface area (Å²) in [5.41, 5.74) is 22.3. The molecule has 0 unspecified atom stereocenters. The van der Waals surface area contributed by atoms with Crippen molar-refractivity contribution in [2.24, 2.45) is 0 Å². The Bertz CT molecular complexity index is 3670. The van der Waals surface area contributed by atoms with Gasteiger partial charge in [0.1, 0.15) is 0 Å². The smallest absolute Gasteiger partial charge is 0.0789 e. The summed E-state index contributed by atoms with van der Waals surface area (Å²) in [7, 11) is 0. The second-order valence-corrected chi connectivity index (χ2v) is 16.9. The lowest BCUT2D eigenvalue weighted by Crippen LogP contribution is -2.00. The zero-order chi connectivity index (χ0) is 42.0. The Balaban J connectivity index is 1.38. The van der Waals surface area contributed by atoms with E-state index in [1.54, 1.807) is 0 Å². The molecular formula is C61H46N2. The summed E-state index contributed by atoms with van der Waals surface area (Å²) >= 11 is 0. The summed E-state index contributed by atoms with van der Waals surface area (Å²) in [5.74, 6) is 0. The zero-order valence-electron chi connectivity index (χ0n) is 35.6. The maximum Gasteiger partial charge on any atom is 0.0789 e. The van der Waals surface area contributed by atoms with Crippen LogP contribution in [0.25, 0.3) is 116 Å². The molecule has 9 aromatic carbocycles. The minimum Gasteiger partial charge on any atom is -0.305 e. The Morgan fingerprint density at radius 3 is 1.29 bits per heavy atom. The first-order chi connectivity index (χ1) is 31.2. The van der Waals surface area contributed by atoms with Gasteiger partial charge in [-0.25, -0.2) is 0 Å². The van der Waals surface area contributed by atoms with Crippen LogP contribution >= 0.6 is 0 Å². The first-order valence-electron chi connectivity index (χ1n) is 22.5. The molecule has 0 fully saturated rings. The van der Waals surface area contributed by atoms with Crippen LogP contribution in [0.2, 0.25) is 0 Å². The van der Waals surface area contributed by atoms with Crippen LogP contribution in [0.4, 0.5) is 0 Å². The summed E-state index contributed by atoms with van der Waals surface area (Å²) in [6.45, 7) is 4.54. The minimum atomic E-state index is 1.01. The molecule has 0 amide bonds. The van der Waals surface area contributed by atoms with E-state index < -0.39 is 0 Å². The molecule has 3 aromatic heterocycles. The molecule has 0 N–H and O–H groups in total. The molecule has 0 aliphatic heterocycles. The molecular weight excluding hydrogens is 761 g/mol. The molecule has 0 aliphatic carbocycles. The fourth-order valence-electron chi connectivity index (χ4n) is 10.6. The van der Waals surface area contributed by atoms with E-state index in [4.69, 9.17) is 0 Å². The van der Waals surface area contributed by atoms with Gasteiger partial charge in [0.05, 0.1) is 33.1 Å². The van der Waals surface area contributed by atoms with Gasteiger partial charge in [0.2, 0.25) is 0 Å². The molecule has 0 bridgehead atoms. The Kier molecular flexibility index (Phi) is 8.86. The number of nitrogens with zero attached hydrogens (tertiary/aromatic N) is 2. The molecule has 0 radical (unpaired) electrons. The van der Waals surface area contributed by atoms with Crippen molar-refractivity contribution in [2.45, 2.75) is 33.1 Å². The van der Waals surface area contributed by atoms with Crippen LogP contribution < -0.4 is 0 Å². The molecule has 300 valence electrons. The van der Waals surface area contributed by atoms with Crippen molar-refractivity contribution in [3.63, 3.8) is 0 Å². The highest BCUT2D eigenvalue weighted by molar-refractivity contribution is 6.29. The number of rotatable bonds is 9. The molecule has 2 nitrogen and oxygen atoms in total. The van der Waals surface area contributed by atoms with Crippen LogP contribution in [0.5, 0.6) is 0 Å². The quantitative estimate of drug-likeness (QED) is 0.129. The molecule has 0 saturated heterocycles. The highest BCUT2D eigenvalue weighted by Crippen LogP contribution is 2.52. The summed E-state index contributed by atoms with van der Waals surface area (Å²) in [4.78, 5) is 0. The second-order valence-electron chi connectivity index (χ2n) is 16.9. The van der Waals surface area contributed by atoms with E-state index in [1.807, 2.05) is 0 Å². The summed E-state index contributed by atoms with van der Waals surface area (Å²) < 4.78 is 5.23. The Morgan fingerprint density at radius 2 is 0.825 bits per heavy atom. The predicted octanol–water partition coefficient (Wildman–Crippen LogP) is 17.2. The molecule has 0 aliphatic rings. The first-order valence-corrected chi connectivity index (χ1v) is 22.5. The maximum atomic E-state index is 2.62. The highest BCUT2D eigenvalue weighted by Gasteiger charge is 2.29. The van der Waals surface area contributed by atoms with Crippen LogP contribution in [0.15, 0.2) is 206 Å². The van der Waals surface area contributed by atoms with Gasteiger partial charge >= 0.3 is 0 Å². The maximum absolute atomic E-state index is 2.62. The molecule has 0 saturated carbocycles. The van der Waals surface area contributed by atoms with Crippen molar-refractivity contribution in [2.75, 3.05) is 0 Å². The van der Waals surface area contributed by atoms with E-state index in [0.717, 1.165) is 19.3 Å². The van der Waals surface area contributed by atoms with Gasteiger partial charge in [-0.05, 0) is 116 Å². The third kappa shape index (κ3) is 5.79. The molecule has 3 heterocycles. The van der Waals surface area contributed by atoms with Crippen LogP contribution in [0.3, 0.4) is 0 Å². The SMILES string of the molecule is CC/C=C(\CCC)c1ccc2c(c1)c1c(-c3ccccc3)c(-c3ccccc3)cc3c1n2c1cc(-c2ccccc2)c(-c2ccccc2)c2c4cc(-c5ccccc5)ccc4n3c21. The number of hydrogen-bond acceptors (Lipinski definition) is 0. The lowest BCUT2D eigenvalue weighted by Gasteiger charge is -2.19. The molecule has 0 spiro atoms.